The number of aliphatic hydroxyl groups is 1. The first-order valence-corrected chi connectivity index (χ1v) is 5.95. The third-order valence-corrected chi connectivity index (χ3v) is 2.48. The van der Waals surface area contributed by atoms with Crippen LogP contribution in [0, 0.1) is 0 Å². The van der Waals surface area contributed by atoms with E-state index in [1.807, 2.05) is 11.8 Å². The average molecular weight is 252 g/mol. The Balaban J connectivity index is 2.79. The van der Waals surface area contributed by atoms with Gasteiger partial charge < -0.3 is 14.9 Å². The van der Waals surface area contributed by atoms with E-state index in [2.05, 4.69) is 9.97 Å². The topological polar surface area (TPSA) is 69.6 Å². The van der Waals surface area contributed by atoms with Crippen molar-refractivity contribution in [2.75, 3.05) is 32.1 Å². The van der Waals surface area contributed by atoms with Crippen LogP contribution in [0.15, 0.2) is 12.4 Å². The van der Waals surface area contributed by atoms with Crippen LogP contribution >= 0.6 is 0 Å². The Morgan fingerprint density at radius 3 is 2.39 bits per heavy atom. The molecule has 1 rings (SSSR count). The molecule has 0 bridgehead atoms. The average Bonchev–Trinajstić information content (AvgIpc) is 2.38. The number of carbonyl (C=O) groups is 1. The number of nitrogens with zero attached hydrogens (tertiary/aromatic N) is 4. The van der Waals surface area contributed by atoms with Gasteiger partial charge in [-0.1, -0.05) is 6.92 Å². The fraction of sp³-hybridized carbons (Fsp3) is 0.583. The third kappa shape index (κ3) is 3.96. The lowest BCUT2D eigenvalue weighted by Gasteiger charge is -2.23. The normalized spacial score (nSPS) is 10.2. The number of rotatable bonds is 6. The number of likely N-dealkylation sites (N-methyl/N-ethyl adjacent to an activating group) is 1. The van der Waals surface area contributed by atoms with Crippen LogP contribution < -0.4 is 4.90 Å². The Morgan fingerprint density at radius 2 is 1.94 bits per heavy atom. The van der Waals surface area contributed by atoms with Crippen molar-refractivity contribution in [1.82, 2.24) is 14.9 Å². The van der Waals surface area contributed by atoms with E-state index in [-0.39, 0.29) is 19.1 Å². The zero-order chi connectivity index (χ0) is 13.5. The minimum atomic E-state index is -0.0787. The minimum absolute atomic E-state index is 0.0123. The summed E-state index contributed by atoms with van der Waals surface area (Å²) >= 11 is 0. The number of aromatic nitrogens is 2. The van der Waals surface area contributed by atoms with Gasteiger partial charge in [-0.3, -0.25) is 4.79 Å². The van der Waals surface area contributed by atoms with Crippen molar-refractivity contribution in [3.8, 4) is 0 Å². The first-order valence-electron chi connectivity index (χ1n) is 5.95. The molecule has 0 aliphatic rings. The van der Waals surface area contributed by atoms with Crippen molar-refractivity contribution in [3.63, 3.8) is 0 Å². The molecule has 0 atom stereocenters. The molecule has 1 heterocycles. The van der Waals surface area contributed by atoms with Gasteiger partial charge in [-0.2, -0.15) is 0 Å². The maximum Gasteiger partial charge on any atom is 0.241 e. The fourth-order valence-corrected chi connectivity index (χ4v) is 1.42. The predicted octanol–water partition coefficient (Wildman–Crippen LogP) is 0.273. The number of hydrogen-bond donors (Lipinski definition) is 1. The highest BCUT2D eigenvalue weighted by atomic mass is 16.3. The van der Waals surface area contributed by atoms with Crippen LogP contribution in [0.2, 0.25) is 0 Å². The molecular formula is C12H20N4O2. The first-order chi connectivity index (χ1) is 8.58. The molecule has 6 nitrogen and oxygen atoms in total. The maximum atomic E-state index is 11.7. The molecule has 0 radical (unpaired) electrons. The Morgan fingerprint density at radius 1 is 1.33 bits per heavy atom. The highest BCUT2D eigenvalue weighted by Gasteiger charge is 2.14. The van der Waals surface area contributed by atoms with Gasteiger partial charge in [-0.15, -0.1) is 0 Å². The molecule has 0 unspecified atom stereocenters. The van der Waals surface area contributed by atoms with E-state index in [0.717, 1.165) is 13.0 Å². The summed E-state index contributed by atoms with van der Waals surface area (Å²) in [6.07, 6.45) is 4.06. The summed E-state index contributed by atoms with van der Waals surface area (Å²) in [5.74, 6) is 0.530. The molecule has 0 saturated carbocycles. The second-order valence-electron chi connectivity index (χ2n) is 4.26. The molecule has 0 saturated heterocycles. The van der Waals surface area contributed by atoms with Gasteiger partial charge in [0.2, 0.25) is 11.9 Å². The highest BCUT2D eigenvalue weighted by molar-refractivity contribution is 5.80. The number of carbonyl (C=O) groups excluding carboxylic acids is 1. The number of aliphatic hydroxyl groups excluding tert-OH is 1. The van der Waals surface area contributed by atoms with Gasteiger partial charge in [0.05, 0.1) is 13.2 Å². The summed E-state index contributed by atoms with van der Waals surface area (Å²) in [5.41, 5.74) is 0.661. The van der Waals surface area contributed by atoms with Crippen LogP contribution in [0.4, 0.5) is 5.95 Å². The molecule has 100 valence electrons. The fourth-order valence-electron chi connectivity index (χ4n) is 1.42. The van der Waals surface area contributed by atoms with E-state index in [9.17, 15) is 4.79 Å². The van der Waals surface area contributed by atoms with E-state index in [1.54, 1.807) is 31.4 Å². The largest absolute Gasteiger partial charge is 0.392 e. The SMILES string of the molecule is CCCN(CC(=O)N(C)C)c1ncc(CO)cn1. The van der Waals surface area contributed by atoms with Crippen LogP contribution in [0.5, 0.6) is 0 Å². The predicted molar refractivity (Wildman–Crippen MR) is 69.2 cm³/mol. The molecule has 0 aliphatic carbocycles. The van der Waals surface area contributed by atoms with E-state index >= 15 is 0 Å². The summed E-state index contributed by atoms with van der Waals surface area (Å²) in [4.78, 5) is 23.4. The third-order valence-electron chi connectivity index (χ3n) is 2.48. The Hall–Kier alpha value is -1.69. The van der Waals surface area contributed by atoms with E-state index in [0.29, 0.717) is 11.5 Å². The standard InChI is InChI=1S/C12H20N4O2/c1-4-5-16(8-11(18)15(2)3)12-13-6-10(9-17)7-14-12/h6-7,17H,4-5,8-9H2,1-3H3. The van der Waals surface area contributed by atoms with Gasteiger partial charge in [0.1, 0.15) is 0 Å². The van der Waals surface area contributed by atoms with Crippen molar-refractivity contribution in [1.29, 1.82) is 0 Å². The van der Waals surface area contributed by atoms with Crippen LogP contribution in [-0.2, 0) is 11.4 Å². The Kier molecular flexibility index (Phi) is 5.51. The molecule has 18 heavy (non-hydrogen) atoms. The quantitative estimate of drug-likeness (QED) is 0.787. The van der Waals surface area contributed by atoms with E-state index in [4.69, 9.17) is 5.11 Å². The number of amides is 1. The van der Waals surface area contributed by atoms with Gasteiger partial charge >= 0.3 is 0 Å². The zero-order valence-electron chi connectivity index (χ0n) is 11.1. The first kappa shape index (κ1) is 14.4. The van der Waals surface area contributed by atoms with Crippen molar-refractivity contribution >= 4 is 11.9 Å². The van der Waals surface area contributed by atoms with Gasteiger partial charge in [0, 0.05) is 38.6 Å². The van der Waals surface area contributed by atoms with Crippen LogP contribution in [0.1, 0.15) is 18.9 Å². The van der Waals surface area contributed by atoms with E-state index in [1.165, 1.54) is 0 Å². The number of anilines is 1. The van der Waals surface area contributed by atoms with Gasteiger partial charge in [-0.05, 0) is 6.42 Å². The smallest absolute Gasteiger partial charge is 0.241 e. The van der Waals surface area contributed by atoms with Crippen LogP contribution in [0.25, 0.3) is 0 Å². The van der Waals surface area contributed by atoms with Gasteiger partial charge in [0.25, 0.3) is 0 Å². The van der Waals surface area contributed by atoms with Crippen LogP contribution in [-0.4, -0.2) is 53.1 Å². The van der Waals surface area contributed by atoms with Crippen molar-refractivity contribution in [2.24, 2.45) is 0 Å². The van der Waals surface area contributed by atoms with E-state index < -0.39 is 0 Å². The summed E-state index contributed by atoms with van der Waals surface area (Å²) in [6.45, 7) is 2.94. The summed E-state index contributed by atoms with van der Waals surface area (Å²) in [5, 5.41) is 8.93. The molecule has 1 N–H and O–H groups in total. The number of hydrogen-bond acceptors (Lipinski definition) is 5. The second-order valence-corrected chi connectivity index (χ2v) is 4.26. The lowest BCUT2D eigenvalue weighted by molar-refractivity contribution is -0.127. The molecule has 1 aromatic heterocycles. The summed E-state index contributed by atoms with van der Waals surface area (Å²) < 4.78 is 0. The monoisotopic (exact) mass is 252 g/mol. The lowest BCUT2D eigenvalue weighted by Crippen LogP contribution is -2.38. The van der Waals surface area contributed by atoms with Crippen molar-refractivity contribution < 1.29 is 9.90 Å². The second kappa shape index (κ2) is 6.90. The summed E-state index contributed by atoms with van der Waals surface area (Å²) in [7, 11) is 3.45. The van der Waals surface area contributed by atoms with Crippen molar-refractivity contribution in [3.05, 3.63) is 18.0 Å². The van der Waals surface area contributed by atoms with Crippen molar-refractivity contribution in [2.45, 2.75) is 20.0 Å². The molecule has 1 aromatic rings. The van der Waals surface area contributed by atoms with Gasteiger partial charge in [-0.25, -0.2) is 9.97 Å². The minimum Gasteiger partial charge on any atom is -0.392 e. The highest BCUT2D eigenvalue weighted by Crippen LogP contribution is 2.08. The van der Waals surface area contributed by atoms with Gasteiger partial charge in [0.15, 0.2) is 0 Å². The molecule has 1 amide bonds. The summed E-state index contributed by atoms with van der Waals surface area (Å²) in [6, 6.07) is 0. The molecule has 6 heteroatoms. The lowest BCUT2D eigenvalue weighted by atomic mass is 10.3. The maximum absolute atomic E-state index is 11.7. The molecule has 0 aromatic carbocycles. The Labute approximate surface area is 107 Å². The molecule has 0 aliphatic heterocycles. The molecular weight excluding hydrogens is 232 g/mol. The zero-order valence-corrected chi connectivity index (χ0v) is 11.1. The molecule has 0 fully saturated rings. The Bertz CT molecular complexity index is 378. The van der Waals surface area contributed by atoms with Crippen LogP contribution in [0.3, 0.4) is 0 Å². The molecule has 0 spiro atoms.